The Bertz CT molecular complexity index is 555. The minimum Gasteiger partial charge on any atom is -0.439 e. The Kier molecular flexibility index (Phi) is 5.39. The largest absolute Gasteiger partial charge is 0.439 e. The van der Waals surface area contributed by atoms with Gasteiger partial charge in [0.15, 0.2) is 0 Å². The molecule has 0 radical (unpaired) electrons. The summed E-state index contributed by atoms with van der Waals surface area (Å²) in [4.78, 5) is 4.38. The van der Waals surface area contributed by atoms with Crippen molar-refractivity contribution in [3.8, 4) is 11.6 Å². The fourth-order valence-corrected chi connectivity index (χ4v) is 1.97. The first-order valence-electron chi connectivity index (χ1n) is 6.78. The standard InChI is InChI=1S/C16H19ClN2O/c1-3-8-18-10-13-9-12(2)16(19-11-13)20-15-6-4-14(17)5-7-15/h4-7,9,11,18H,3,8,10H2,1-2H3. The highest BCUT2D eigenvalue weighted by Crippen LogP contribution is 2.24. The molecule has 0 unspecified atom stereocenters. The third-order valence-electron chi connectivity index (χ3n) is 2.87. The molecule has 0 saturated carbocycles. The van der Waals surface area contributed by atoms with Crippen LogP contribution in [-0.4, -0.2) is 11.5 Å². The quantitative estimate of drug-likeness (QED) is 0.804. The zero-order valence-corrected chi connectivity index (χ0v) is 12.6. The monoisotopic (exact) mass is 290 g/mol. The van der Waals surface area contributed by atoms with Gasteiger partial charge in [0.25, 0.3) is 0 Å². The molecule has 0 amide bonds. The number of halogens is 1. The molecule has 0 spiro atoms. The molecule has 1 heterocycles. The summed E-state index contributed by atoms with van der Waals surface area (Å²) in [5.41, 5.74) is 2.19. The molecular formula is C16H19ClN2O. The van der Waals surface area contributed by atoms with E-state index in [2.05, 4.69) is 23.3 Å². The Morgan fingerprint density at radius 2 is 2.00 bits per heavy atom. The van der Waals surface area contributed by atoms with E-state index in [1.807, 2.05) is 25.3 Å². The molecule has 3 nitrogen and oxygen atoms in total. The van der Waals surface area contributed by atoms with E-state index in [4.69, 9.17) is 16.3 Å². The van der Waals surface area contributed by atoms with Gasteiger partial charge in [-0.2, -0.15) is 0 Å². The molecule has 0 atom stereocenters. The highest BCUT2D eigenvalue weighted by Gasteiger charge is 2.04. The lowest BCUT2D eigenvalue weighted by atomic mass is 10.2. The lowest BCUT2D eigenvalue weighted by Gasteiger charge is -2.09. The number of rotatable bonds is 6. The second-order valence-electron chi connectivity index (χ2n) is 4.70. The average Bonchev–Trinajstić information content (AvgIpc) is 2.44. The number of hydrogen-bond acceptors (Lipinski definition) is 3. The smallest absolute Gasteiger partial charge is 0.222 e. The van der Waals surface area contributed by atoms with Crippen LogP contribution in [0.5, 0.6) is 11.6 Å². The van der Waals surface area contributed by atoms with E-state index in [1.54, 1.807) is 12.1 Å². The maximum atomic E-state index is 5.85. The van der Waals surface area contributed by atoms with Gasteiger partial charge in [-0.3, -0.25) is 0 Å². The molecule has 20 heavy (non-hydrogen) atoms. The molecule has 1 aromatic carbocycles. The fourth-order valence-electron chi connectivity index (χ4n) is 1.85. The van der Waals surface area contributed by atoms with Crippen molar-refractivity contribution in [1.82, 2.24) is 10.3 Å². The number of benzene rings is 1. The Morgan fingerprint density at radius 1 is 1.25 bits per heavy atom. The zero-order valence-electron chi connectivity index (χ0n) is 11.8. The summed E-state index contributed by atoms with van der Waals surface area (Å²) in [6.45, 7) is 6.01. The SMILES string of the molecule is CCCNCc1cnc(Oc2ccc(Cl)cc2)c(C)c1. The van der Waals surface area contributed by atoms with Gasteiger partial charge >= 0.3 is 0 Å². The van der Waals surface area contributed by atoms with Crippen LogP contribution in [0.1, 0.15) is 24.5 Å². The topological polar surface area (TPSA) is 34.2 Å². The minimum atomic E-state index is 0.631. The lowest BCUT2D eigenvalue weighted by Crippen LogP contribution is -2.14. The number of aromatic nitrogens is 1. The summed E-state index contributed by atoms with van der Waals surface area (Å²) in [7, 11) is 0. The van der Waals surface area contributed by atoms with Crippen molar-refractivity contribution in [3.05, 3.63) is 52.7 Å². The highest BCUT2D eigenvalue weighted by atomic mass is 35.5. The zero-order chi connectivity index (χ0) is 14.4. The Hall–Kier alpha value is -1.58. The molecule has 2 rings (SSSR count). The van der Waals surface area contributed by atoms with E-state index in [1.165, 1.54) is 5.56 Å². The first kappa shape index (κ1) is 14.8. The first-order valence-corrected chi connectivity index (χ1v) is 7.16. The van der Waals surface area contributed by atoms with Crippen LogP contribution in [0, 0.1) is 6.92 Å². The third kappa shape index (κ3) is 4.22. The molecule has 0 aliphatic rings. The predicted octanol–water partition coefficient (Wildman–Crippen LogP) is 4.34. The van der Waals surface area contributed by atoms with E-state index < -0.39 is 0 Å². The van der Waals surface area contributed by atoms with Crippen molar-refractivity contribution in [2.45, 2.75) is 26.8 Å². The van der Waals surface area contributed by atoms with Crippen molar-refractivity contribution in [2.75, 3.05) is 6.54 Å². The second-order valence-corrected chi connectivity index (χ2v) is 5.13. The van der Waals surface area contributed by atoms with Crippen LogP contribution in [0.15, 0.2) is 36.5 Å². The van der Waals surface area contributed by atoms with Crippen molar-refractivity contribution in [3.63, 3.8) is 0 Å². The van der Waals surface area contributed by atoms with Crippen LogP contribution in [0.4, 0.5) is 0 Å². The van der Waals surface area contributed by atoms with Crippen molar-refractivity contribution < 1.29 is 4.74 Å². The number of hydrogen-bond donors (Lipinski definition) is 1. The van der Waals surface area contributed by atoms with Gasteiger partial charge in [0.1, 0.15) is 5.75 Å². The molecule has 0 bridgehead atoms. The van der Waals surface area contributed by atoms with Gasteiger partial charge in [0.2, 0.25) is 5.88 Å². The number of aryl methyl sites for hydroxylation is 1. The van der Waals surface area contributed by atoms with Crippen molar-refractivity contribution in [1.29, 1.82) is 0 Å². The summed E-state index contributed by atoms with van der Waals surface area (Å²) in [6, 6.07) is 9.37. The maximum absolute atomic E-state index is 5.85. The molecule has 4 heteroatoms. The van der Waals surface area contributed by atoms with E-state index >= 15 is 0 Å². The van der Waals surface area contributed by atoms with E-state index in [9.17, 15) is 0 Å². The summed E-state index contributed by atoms with van der Waals surface area (Å²) < 4.78 is 5.75. The summed E-state index contributed by atoms with van der Waals surface area (Å²) in [5, 5.41) is 4.05. The van der Waals surface area contributed by atoms with Crippen LogP contribution >= 0.6 is 11.6 Å². The molecular weight excluding hydrogens is 272 g/mol. The highest BCUT2D eigenvalue weighted by molar-refractivity contribution is 6.30. The molecule has 0 fully saturated rings. The minimum absolute atomic E-state index is 0.631. The lowest BCUT2D eigenvalue weighted by molar-refractivity contribution is 0.458. The van der Waals surface area contributed by atoms with Crippen molar-refractivity contribution >= 4 is 11.6 Å². The van der Waals surface area contributed by atoms with Gasteiger partial charge in [-0.1, -0.05) is 18.5 Å². The normalized spacial score (nSPS) is 10.6. The van der Waals surface area contributed by atoms with Crippen LogP contribution in [0.3, 0.4) is 0 Å². The van der Waals surface area contributed by atoms with Crippen LogP contribution in [-0.2, 0) is 6.54 Å². The van der Waals surface area contributed by atoms with Gasteiger partial charge in [-0.15, -0.1) is 0 Å². The molecule has 106 valence electrons. The van der Waals surface area contributed by atoms with Crippen LogP contribution in [0.25, 0.3) is 0 Å². The Morgan fingerprint density at radius 3 is 2.65 bits per heavy atom. The first-order chi connectivity index (χ1) is 9.69. The Balaban J connectivity index is 2.03. The van der Waals surface area contributed by atoms with E-state index in [0.717, 1.165) is 30.8 Å². The van der Waals surface area contributed by atoms with Gasteiger partial charge < -0.3 is 10.1 Å². The molecule has 0 saturated heterocycles. The average molecular weight is 291 g/mol. The van der Waals surface area contributed by atoms with Gasteiger partial charge in [0, 0.05) is 23.3 Å². The number of nitrogens with zero attached hydrogens (tertiary/aromatic N) is 1. The van der Waals surface area contributed by atoms with Crippen molar-refractivity contribution in [2.24, 2.45) is 0 Å². The van der Waals surface area contributed by atoms with Gasteiger partial charge in [-0.25, -0.2) is 4.98 Å². The van der Waals surface area contributed by atoms with Crippen LogP contribution in [0.2, 0.25) is 5.02 Å². The summed E-state index contributed by atoms with van der Waals surface area (Å²) in [6.07, 6.45) is 2.98. The fraction of sp³-hybridized carbons (Fsp3) is 0.312. The van der Waals surface area contributed by atoms with E-state index in [0.29, 0.717) is 10.9 Å². The summed E-state index contributed by atoms with van der Waals surface area (Å²) >= 11 is 5.85. The van der Waals surface area contributed by atoms with Gasteiger partial charge in [0.05, 0.1) is 0 Å². The number of nitrogens with one attached hydrogen (secondary N) is 1. The Labute approximate surface area is 124 Å². The van der Waals surface area contributed by atoms with Gasteiger partial charge in [-0.05, 0) is 55.8 Å². The maximum Gasteiger partial charge on any atom is 0.222 e. The third-order valence-corrected chi connectivity index (χ3v) is 3.12. The molecule has 1 aromatic heterocycles. The van der Waals surface area contributed by atoms with Crippen LogP contribution < -0.4 is 10.1 Å². The molecule has 0 aliphatic carbocycles. The second kappa shape index (κ2) is 7.27. The molecule has 1 N–H and O–H groups in total. The number of ether oxygens (including phenoxy) is 1. The summed E-state index contributed by atoms with van der Waals surface area (Å²) in [5.74, 6) is 1.37. The molecule has 0 aliphatic heterocycles. The molecule has 2 aromatic rings. The predicted molar refractivity (Wildman–Crippen MR) is 82.5 cm³/mol. The number of pyridine rings is 1. The van der Waals surface area contributed by atoms with E-state index in [-0.39, 0.29) is 0 Å².